The highest BCUT2D eigenvalue weighted by atomic mass is 14.9. The van der Waals surface area contributed by atoms with Crippen LogP contribution < -0.4 is 5.32 Å². The van der Waals surface area contributed by atoms with Crippen molar-refractivity contribution in [2.24, 2.45) is 29.1 Å². The molecule has 4 aliphatic rings. The van der Waals surface area contributed by atoms with E-state index in [9.17, 15) is 0 Å². The third-order valence-electron chi connectivity index (χ3n) is 5.55. The quantitative estimate of drug-likeness (QED) is 0.714. The predicted octanol–water partition coefficient (Wildman–Crippen LogP) is 3.84. The molecule has 4 bridgehead atoms. The van der Waals surface area contributed by atoms with Crippen LogP contribution in [0.25, 0.3) is 0 Å². The highest BCUT2D eigenvalue weighted by Gasteiger charge is 2.50. The first kappa shape index (κ1) is 12.0. The van der Waals surface area contributed by atoms with Gasteiger partial charge in [0.1, 0.15) is 0 Å². The average molecular weight is 235 g/mol. The van der Waals surface area contributed by atoms with Crippen LogP contribution in [0.4, 0.5) is 0 Å². The monoisotopic (exact) mass is 235 g/mol. The number of nitrogens with one attached hydrogen (secondary N) is 1. The van der Waals surface area contributed by atoms with E-state index < -0.39 is 0 Å². The van der Waals surface area contributed by atoms with Gasteiger partial charge in [0.2, 0.25) is 0 Å². The van der Waals surface area contributed by atoms with Gasteiger partial charge in [0, 0.05) is 0 Å². The Morgan fingerprint density at radius 2 is 1.53 bits per heavy atom. The third-order valence-corrected chi connectivity index (χ3v) is 5.55. The summed E-state index contributed by atoms with van der Waals surface area (Å²) in [4.78, 5) is 0. The normalized spacial score (nSPS) is 43.6. The van der Waals surface area contributed by atoms with Gasteiger partial charge in [0.05, 0.1) is 0 Å². The fourth-order valence-corrected chi connectivity index (χ4v) is 5.34. The Morgan fingerprint density at radius 3 is 2.00 bits per heavy atom. The van der Waals surface area contributed by atoms with E-state index >= 15 is 0 Å². The van der Waals surface area contributed by atoms with Gasteiger partial charge >= 0.3 is 0 Å². The van der Waals surface area contributed by atoms with E-state index in [4.69, 9.17) is 0 Å². The van der Waals surface area contributed by atoms with E-state index in [1.165, 1.54) is 19.5 Å². The maximum absolute atomic E-state index is 3.66. The predicted molar refractivity (Wildman–Crippen MR) is 72.9 cm³/mol. The molecule has 0 spiro atoms. The largest absolute Gasteiger partial charge is 0.316 e. The van der Waals surface area contributed by atoms with Gasteiger partial charge < -0.3 is 5.32 Å². The van der Waals surface area contributed by atoms with Crippen molar-refractivity contribution in [3.05, 3.63) is 0 Å². The molecule has 0 heterocycles. The van der Waals surface area contributed by atoms with E-state index in [2.05, 4.69) is 19.2 Å². The highest BCUT2D eigenvalue weighted by Crippen LogP contribution is 2.61. The summed E-state index contributed by atoms with van der Waals surface area (Å²) >= 11 is 0. The average Bonchev–Trinajstić information content (AvgIpc) is 2.22. The van der Waals surface area contributed by atoms with Crippen LogP contribution in [0, 0.1) is 29.1 Å². The molecule has 98 valence electrons. The molecule has 1 heteroatoms. The van der Waals surface area contributed by atoms with Gasteiger partial charge in [-0.1, -0.05) is 13.8 Å². The van der Waals surface area contributed by atoms with E-state index in [0.717, 1.165) is 29.1 Å². The van der Waals surface area contributed by atoms with Crippen molar-refractivity contribution in [2.75, 3.05) is 13.1 Å². The Balaban J connectivity index is 1.52. The Hall–Kier alpha value is -0.0400. The van der Waals surface area contributed by atoms with Crippen molar-refractivity contribution >= 4 is 0 Å². The molecule has 0 aliphatic heterocycles. The van der Waals surface area contributed by atoms with Crippen molar-refractivity contribution in [1.82, 2.24) is 5.32 Å². The molecule has 0 radical (unpaired) electrons. The minimum Gasteiger partial charge on any atom is -0.316 e. The molecule has 4 fully saturated rings. The van der Waals surface area contributed by atoms with Crippen molar-refractivity contribution in [3.8, 4) is 0 Å². The standard InChI is InChI=1S/C16H29N/c1-12(2)11-17-4-3-16-8-13-5-14(9-16)7-15(6-13)10-16/h12-15,17H,3-11H2,1-2H3. The molecular formula is C16H29N. The Bertz CT molecular complexity index is 233. The minimum absolute atomic E-state index is 0.777. The molecule has 0 aromatic rings. The minimum atomic E-state index is 0.777. The SMILES string of the molecule is CC(C)CNCCC12CC3CC(CC(C3)C1)C2. The maximum Gasteiger partial charge on any atom is -0.00258 e. The topological polar surface area (TPSA) is 12.0 Å². The summed E-state index contributed by atoms with van der Waals surface area (Å²) in [7, 11) is 0. The Labute approximate surface area is 107 Å². The molecule has 0 saturated heterocycles. The van der Waals surface area contributed by atoms with Crippen LogP contribution in [0.2, 0.25) is 0 Å². The third kappa shape index (κ3) is 2.54. The fourth-order valence-electron chi connectivity index (χ4n) is 5.34. The second-order valence-electron chi connectivity index (χ2n) is 7.77. The number of hydrogen-bond acceptors (Lipinski definition) is 1. The molecule has 1 nitrogen and oxygen atoms in total. The van der Waals surface area contributed by atoms with Crippen molar-refractivity contribution in [1.29, 1.82) is 0 Å². The van der Waals surface area contributed by atoms with Gasteiger partial charge in [-0.05, 0) is 87.1 Å². The molecule has 4 aliphatic carbocycles. The molecule has 0 amide bonds. The van der Waals surface area contributed by atoms with Crippen LogP contribution >= 0.6 is 0 Å². The molecule has 0 aromatic carbocycles. The lowest BCUT2D eigenvalue weighted by Crippen LogP contribution is -2.47. The van der Waals surface area contributed by atoms with Crippen molar-refractivity contribution in [3.63, 3.8) is 0 Å². The van der Waals surface area contributed by atoms with Crippen LogP contribution in [0.1, 0.15) is 58.8 Å². The summed E-state index contributed by atoms with van der Waals surface area (Å²) in [6, 6.07) is 0. The molecule has 4 saturated carbocycles. The lowest BCUT2D eigenvalue weighted by molar-refractivity contribution is -0.0567. The van der Waals surface area contributed by atoms with Crippen LogP contribution in [-0.2, 0) is 0 Å². The molecule has 1 N–H and O–H groups in total. The van der Waals surface area contributed by atoms with Crippen LogP contribution in [0.5, 0.6) is 0 Å². The van der Waals surface area contributed by atoms with Gasteiger partial charge in [-0.3, -0.25) is 0 Å². The molecular weight excluding hydrogens is 206 g/mol. The second-order valence-corrected chi connectivity index (χ2v) is 7.77. The lowest BCUT2D eigenvalue weighted by Gasteiger charge is -2.57. The zero-order valence-corrected chi connectivity index (χ0v) is 11.7. The van der Waals surface area contributed by atoms with Gasteiger partial charge in [-0.2, -0.15) is 0 Å². The van der Waals surface area contributed by atoms with Crippen LogP contribution in [0.3, 0.4) is 0 Å². The summed E-state index contributed by atoms with van der Waals surface area (Å²) in [5, 5.41) is 3.66. The van der Waals surface area contributed by atoms with E-state index in [1.807, 2.05) is 0 Å². The molecule has 4 rings (SSSR count). The summed E-state index contributed by atoms with van der Waals surface area (Å²) < 4.78 is 0. The number of hydrogen-bond donors (Lipinski definition) is 1. The summed E-state index contributed by atoms with van der Waals surface area (Å²) in [5.41, 5.74) is 0.777. The van der Waals surface area contributed by atoms with E-state index in [0.29, 0.717) is 0 Å². The summed E-state index contributed by atoms with van der Waals surface area (Å²) in [6.07, 6.45) is 10.9. The van der Waals surface area contributed by atoms with Gasteiger partial charge in [-0.25, -0.2) is 0 Å². The van der Waals surface area contributed by atoms with Gasteiger partial charge in [0.25, 0.3) is 0 Å². The van der Waals surface area contributed by atoms with Gasteiger partial charge in [0.15, 0.2) is 0 Å². The smallest absolute Gasteiger partial charge is 0.00258 e. The van der Waals surface area contributed by atoms with Crippen molar-refractivity contribution < 1.29 is 0 Å². The lowest BCUT2D eigenvalue weighted by atomic mass is 9.49. The van der Waals surface area contributed by atoms with Crippen molar-refractivity contribution in [2.45, 2.75) is 58.8 Å². The maximum atomic E-state index is 3.66. The first-order chi connectivity index (χ1) is 8.15. The second kappa shape index (κ2) is 4.57. The van der Waals surface area contributed by atoms with Crippen LogP contribution in [-0.4, -0.2) is 13.1 Å². The summed E-state index contributed by atoms with van der Waals surface area (Å²) in [5.74, 6) is 4.15. The Morgan fingerprint density at radius 1 is 1.00 bits per heavy atom. The highest BCUT2D eigenvalue weighted by molar-refractivity contribution is 5.01. The molecule has 0 atom stereocenters. The zero-order chi connectivity index (χ0) is 11.9. The zero-order valence-electron chi connectivity index (χ0n) is 11.7. The Kier molecular flexibility index (Phi) is 3.23. The first-order valence-corrected chi connectivity index (χ1v) is 7.86. The molecule has 17 heavy (non-hydrogen) atoms. The van der Waals surface area contributed by atoms with Crippen LogP contribution in [0.15, 0.2) is 0 Å². The van der Waals surface area contributed by atoms with E-state index in [-0.39, 0.29) is 0 Å². The first-order valence-electron chi connectivity index (χ1n) is 7.86. The molecule has 0 aromatic heterocycles. The van der Waals surface area contributed by atoms with Gasteiger partial charge in [-0.15, -0.1) is 0 Å². The molecule has 0 unspecified atom stereocenters. The van der Waals surface area contributed by atoms with E-state index in [1.54, 1.807) is 38.5 Å². The summed E-state index contributed by atoms with van der Waals surface area (Å²) in [6.45, 7) is 7.08. The number of rotatable bonds is 5. The fraction of sp³-hybridized carbons (Fsp3) is 1.00.